The van der Waals surface area contributed by atoms with Crippen molar-refractivity contribution in [3.05, 3.63) is 76.7 Å². The minimum atomic E-state index is -0.423. The molecule has 1 aromatic heterocycles. The summed E-state index contributed by atoms with van der Waals surface area (Å²) < 4.78 is 17.4. The van der Waals surface area contributed by atoms with E-state index in [-0.39, 0.29) is 24.1 Å². The number of ether oxygens (including phenoxy) is 2. The van der Waals surface area contributed by atoms with Crippen LogP contribution in [0, 0.1) is 46.3 Å². The molecule has 8 atom stereocenters. The van der Waals surface area contributed by atoms with Crippen LogP contribution in [0.4, 0.5) is 0 Å². The van der Waals surface area contributed by atoms with Crippen molar-refractivity contribution in [1.82, 2.24) is 0 Å². The van der Waals surface area contributed by atoms with E-state index < -0.39 is 5.63 Å². The van der Waals surface area contributed by atoms with Crippen LogP contribution in [0.15, 0.2) is 75.5 Å². The number of esters is 1. The zero-order chi connectivity index (χ0) is 35.0. The third-order valence-electron chi connectivity index (χ3n) is 13.9. The van der Waals surface area contributed by atoms with Gasteiger partial charge in [0.1, 0.15) is 17.4 Å². The smallest absolute Gasteiger partial charge is 0.344 e. The van der Waals surface area contributed by atoms with Gasteiger partial charge in [-0.2, -0.15) is 0 Å². The molecule has 3 saturated carbocycles. The third-order valence-corrected chi connectivity index (χ3v) is 13.9. The SMILES string of the molecule is CC(C)CCC[C@H](C)[C@@H]1CC[C@@H]2[C@@H]3CC=C4C[C@H](OC(=O)COc5ccc6c(-c7ccccc7)cc(=O)oc6c5)CC[C@]4(C)[C@@H]3CC[C@]2(C)C1. The van der Waals surface area contributed by atoms with Crippen LogP contribution in [-0.4, -0.2) is 18.7 Å². The summed E-state index contributed by atoms with van der Waals surface area (Å²) in [6.07, 6.45) is 17.6. The molecule has 4 aliphatic carbocycles. The Morgan fingerprint density at radius 2 is 1.76 bits per heavy atom. The summed E-state index contributed by atoms with van der Waals surface area (Å²) in [7, 11) is 0. The topological polar surface area (TPSA) is 65.7 Å². The number of hydrogen-bond donors (Lipinski definition) is 0. The van der Waals surface area contributed by atoms with Crippen LogP contribution in [0.1, 0.15) is 112 Å². The van der Waals surface area contributed by atoms with Gasteiger partial charge in [0.05, 0.1) is 0 Å². The molecule has 0 unspecified atom stereocenters. The first-order chi connectivity index (χ1) is 24.0. The summed E-state index contributed by atoms with van der Waals surface area (Å²) in [5.41, 5.74) is 3.99. The van der Waals surface area contributed by atoms with Crippen LogP contribution in [0.2, 0.25) is 0 Å². The van der Waals surface area contributed by atoms with E-state index in [0.29, 0.717) is 16.7 Å². The van der Waals surface area contributed by atoms with E-state index in [1.807, 2.05) is 42.5 Å². The van der Waals surface area contributed by atoms with Gasteiger partial charge in [0.25, 0.3) is 0 Å². The number of allylic oxidation sites excluding steroid dienone is 1. The van der Waals surface area contributed by atoms with Crippen LogP contribution in [0.25, 0.3) is 22.1 Å². The van der Waals surface area contributed by atoms with E-state index in [1.165, 1.54) is 69.4 Å². The maximum atomic E-state index is 13.0. The van der Waals surface area contributed by atoms with Gasteiger partial charge in [0, 0.05) is 23.9 Å². The summed E-state index contributed by atoms with van der Waals surface area (Å²) in [5, 5.41) is 0.816. The first-order valence-electron chi connectivity index (χ1n) is 19.7. The Morgan fingerprint density at radius 3 is 2.56 bits per heavy atom. The van der Waals surface area contributed by atoms with Gasteiger partial charge in [0.2, 0.25) is 0 Å². The predicted octanol–water partition coefficient (Wildman–Crippen LogP) is 11.2. The van der Waals surface area contributed by atoms with Crippen LogP contribution < -0.4 is 10.4 Å². The van der Waals surface area contributed by atoms with Crippen LogP contribution in [0.3, 0.4) is 0 Å². The summed E-state index contributed by atoms with van der Waals surface area (Å²) in [6.45, 7) is 12.3. The highest BCUT2D eigenvalue weighted by atomic mass is 16.6. The molecule has 1 heterocycles. The lowest BCUT2D eigenvalue weighted by molar-refractivity contribution is -0.154. The average Bonchev–Trinajstić information content (AvgIpc) is 3.09. The average molecular weight is 679 g/mol. The second-order valence-corrected chi connectivity index (χ2v) is 17.4. The molecule has 0 spiro atoms. The molecule has 0 aliphatic heterocycles. The van der Waals surface area contributed by atoms with Crippen molar-refractivity contribution < 1.29 is 18.7 Å². The largest absolute Gasteiger partial charge is 0.482 e. The maximum absolute atomic E-state index is 13.0. The molecule has 0 N–H and O–H groups in total. The van der Waals surface area contributed by atoms with Crippen molar-refractivity contribution in [3.8, 4) is 16.9 Å². The quantitative estimate of drug-likeness (QED) is 0.121. The molecular weight excluding hydrogens is 620 g/mol. The summed E-state index contributed by atoms with van der Waals surface area (Å²) in [5.74, 6) is 5.07. The molecule has 268 valence electrons. The van der Waals surface area contributed by atoms with Gasteiger partial charge in [-0.25, -0.2) is 9.59 Å². The normalized spacial score (nSPS) is 31.2. The van der Waals surface area contributed by atoms with Crippen molar-refractivity contribution >= 4 is 16.9 Å². The lowest BCUT2D eigenvalue weighted by atomic mass is 9.44. The molecule has 0 amide bonds. The minimum absolute atomic E-state index is 0.105. The number of rotatable bonds is 10. The van der Waals surface area contributed by atoms with Gasteiger partial charge in [-0.3, -0.25) is 0 Å². The Labute approximate surface area is 299 Å². The predicted molar refractivity (Wildman–Crippen MR) is 201 cm³/mol. The van der Waals surface area contributed by atoms with E-state index >= 15 is 0 Å². The lowest BCUT2D eigenvalue weighted by Gasteiger charge is -2.61. The first kappa shape index (κ1) is 35.1. The van der Waals surface area contributed by atoms with Crippen molar-refractivity contribution in [3.63, 3.8) is 0 Å². The van der Waals surface area contributed by atoms with E-state index in [2.05, 4.69) is 40.7 Å². The molecular formula is C45H58O5. The fourth-order valence-corrected chi connectivity index (χ4v) is 11.1. The second kappa shape index (κ2) is 14.4. The van der Waals surface area contributed by atoms with Crippen molar-refractivity contribution in [1.29, 1.82) is 0 Å². The van der Waals surface area contributed by atoms with E-state index in [1.54, 1.807) is 6.07 Å². The van der Waals surface area contributed by atoms with E-state index in [0.717, 1.165) is 71.3 Å². The zero-order valence-corrected chi connectivity index (χ0v) is 31.0. The molecule has 0 radical (unpaired) electrons. The second-order valence-electron chi connectivity index (χ2n) is 17.4. The van der Waals surface area contributed by atoms with Gasteiger partial charge in [-0.05, 0) is 121 Å². The summed E-state index contributed by atoms with van der Waals surface area (Å²) in [4.78, 5) is 25.4. The number of benzene rings is 2. The summed E-state index contributed by atoms with van der Waals surface area (Å²) in [6, 6.07) is 16.7. The molecule has 5 heteroatoms. The highest BCUT2D eigenvalue weighted by Gasteiger charge is 2.56. The number of hydrogen-bond acceptors (Lipinski definition) is 5. The number of carbonyl (C=O) groups is 1. The molecule has 0 saturated heterocycles. The Kier molecular flexibility index (Phi) is 10.1. The van der Waals surface area contributed by atoms with Crippen molar-refractivity contribution in [2.75, 3.05) is 6.61 Å². The molecule has 2 aromatic carbocycles. The highest BCUT2D eigenvalue weighted by Crippen LogP contribution is 2.65. The van der Waals surface area contributed by atoms with Gasteiger partial charge in [-0.1, -0.05) is 95.9 Å². The van der Waals surface area contributed by atoms with E-state index in [9.17, 15) is 9.59 Å². The maximum Gasteiger partial charge on any atom is 0.344 e. The van der Waals surface area contributed by atoms with Crippen molar-refractivity contribution in [2.24, 2.45) is 46.3 Å². The Morgan fingerprint density at radius 1 is 0.940 bits per heavy atom. The van der Waals surface area contributed by atoms with Gasteiger partial charge >= 0.3 is 11.6 Å². The third kappa shape index (κ3) is 7.08. The molecule has 0 bridgehead atoms. The highest BCUT2D eigenvalue weighted by molar-refractivity contribution is 5.93. The van der Waals surface area contributed by atoms with Gasteiger partial charge in [-0.15, -0.1) is 0 Å². The molecule has 5 nitrogen and oxygen atoms in total. The Bertz CT molecular complexity index is 1750. The molecule has 7 rings (SSSR count). The molecule has 3 fully saturated rings. The molecule has 50 heavy (non-hydrogen) atoms. The number of fused-ring (bicyclic) bond motifs is 6. The van der Waals surface area contributed by atoms with Crippen molar-refractivity contribution in [2.45, 2.75) is 118 Å². The van der Waals surface area contributed by atoms with Gasteiger partial charge < -0.3 is 13.9 Å². The standard InChI is InChI=1S/C45H58O5/c1-29(2)10-9-11-30(3)32-14-19-39-37-17-15-33-24-35(20-23-45(33,5)40(37)21-22-44(39,4)27-32)49-43(47)28-48-34-16-18-36-38(31-12-7-6-8-13-31)26-42(46)50-41(36)25-34/h6-8,12-13,15-16,18,25-26,29-30,32,35,37,39-40H,9-11,14,17,19-24,27-28H2,1-5H3/t30-,32+,35+,37-,39+,40+,44+,45-/m0/s1. The van der Waals surface area contributed by atoms with Crippen LogP contribution >= 0.6 is 0 Å². The molecule has 3 aromatic rings. The van der Waals surface area contributed by atoms with Crippen LogP contribution in [0.5, 0.6) is 5.75 Å². The monoisotopic (exact) mass is 678 g/mol. The Balaban J connectivity index is 0.945. The number of carbonyl (C=O) groups excluding carboxylic acids is 1. The molecule has 4 aliphatic rings. The summed E-state index contributed by atoms with van der Waals surface area (Å²) >= 11 is 0. The van der Waals surface area contributed by atoms with Crippen LogP contribution in [-0.2, 0) is 9.53 Å². The zero-order valence-electron chi connectivity index (χ0n) is 31.0. The minimum Gasteiger partial charge on any atom is -0.482 e. The fraction of sp³-hybridized carbons (Fsp3) is 0.600. The Hall–Kier alpha value is -3.34. The lowest BCUT2D eigenvalue weighted by Crippen LogP contribution is -2.52. The van der Waals surface area contributed by atoms with Gasteiger partial charge in [0.15, 0.2) is 6.61 Å². The fourth-order valence-electron chi connectivity index (χ4n) is 11.1. The van der Waals surface area contributed by atoms with E-state index in [4.69, 9.17) is 13.9 Å². The first-order valence-corrected chi connectivity index (χ1v) is 19.7.